The molecule has 0 aliphatic rings. The molecule has 0 rings (SSSR count). The van der Waals surface area contributed by atoms with E-state index in [1.165, 1.54) is 44.9 Å². The standard InChI is InChI=1S/C18H37NO3S/c1-5-6-7-8-9-10-11-12-13-14-15-19(3,4)16-18(2)17-23(20,21)22/h6-7,18H,5,8-17H2,1-4H3/b7-6+. The molecule has 0 spiro atoms. The molecule has 138 valence electrons. The van der Waals surface area contributed by atoms with Gasteiger partial charge in [0.1, 0.15) is 0 Å². The summed E-state index contributed by atoms with van der Waals surface area (Å²) in [4.78, 5) is 0. The van der Waals surface area contributed by atoms with E-state index in [2.05, 4.69) is 33.2 Å². The molecule has 1 atom stereocenters. The normalized spacial score (nSPS) is 14.5. The highest BCUT2D eigenvalue weighted by Gasteiger charge is 2.20. The Labute approximate surface area is 144 Å². The second kappa shape index (κ2) is 12.0. The second-order valence-electron chi connectivity index (χ2n) is 7.46. The highest BCUT2D eigenvalue weighted by Crippen LogP contribution is 2.12. The molecule has 0 aromatic carbocycles. The van der Waals surface area contributed by atoms with Gasteiger partial charge in [0.15, 0.2) is 0 Å². The van der Waals surface area contributed by atoms with Crippen molar-refractivity contribution in [1.82, 2.24) is 0 Å². The van der Waals surface area contributed by atoms with Crippen molar-refractivity contribution in [3.05, 3.63) is 12.2 Å². The average Bonchev–Trinajstić information content (AvgIpc) is 2.37. The van der Waals surface area contributed by atoms with Crippen LogP contribution in [0.1, 0.15) is 65.2 Å². The van der Waals surface area contributed by atoms with Gasteiger partial charge in [0, 0.05) is 11.7 Å². The number of hydrogen-bond donors (Lipinski definition) is 0. The molecular formula is C18H37NO3S. The first-order valence-corrected chi connectivity index (χ1v) is 10.6. The van der Waals surface area contributed by atoms with Gasteiger partial charge >= 0.3 is 0 Å². The summed E-state index contributed by atoms with van der Waals surface area (Å²) in [6, 6.07) is 0. The van der Waals surface area contributed by atoms with Crippen LogP contribution in [0.15, 0.2) is 12.2 Å². The minimum atomic E-state index is -4.10. The SMILES string of the molecule is CC/C=C/CCCCCCCC[N+](C)(C)CC(C)CS(=O)(=O)[O-]. The number of rotatable bonds is 14. The summed E-state index contributed by atoms with van der Waals surface area (Å²) in [6.45, 7) is 5.80. The first-order chi connectivity index (χ1) is 10.7. The number of quaternary nitrogens is 1. The Balaban J connectivity index is 3.68. The summed E-state index contributed by atoms with van der Waals surface area (Å²) >= 11 is 0. The van der Waals surface area contributed by atoms with Crippen LogP contribution in [-0.2, 0) is 10.1 Å². The number of hydrogen-bond acceptors (Lipinski definition) is 3. The summed E-state index contributed by atoms with van der Waals surface area (Å²) in [7, 11) is 0.133. The van der Waals surface area contributed by atoms with E-state index in [0.29, 0.717) is 0 Å². The molecule has 0 aliphatic heterocycles. The summed E-state index contributed by atoms with van der Waals surface area (Å²) in [6.07, 6.45) is 14.4. The van der Waals surface area contributed by atoms with E-state index in [4.69, 9.17) is 0 Å². The molecule has 0 amide bonds. The predicted octanol–water partition coefficient (Wildman–Crippen LogP) is 3.94. The lowest BCUT2D eigenvalue weighted by Gasteiger charge is -2.32. The Kier molecular flexibility index (Phi) is 11.8. The van der Waals surface area contributed by atoms with Crippen LogP contribution in [0.3, 0.4) is 0 Å². The van der Waals surface area contributed by atoms with Crippen molar-refractivity contribution >= 4 is 10.1 Å². The summed E-state index contributed by atoms with van der Waals surface area (Å²) in [5, 5.41) is 0. The van der Waals surface area contributed by atoms with Crippen molar-refractivity contribution in [3.8, 4) is 0 Å². The Morgan fingerprint density at radius 3 is 2.13 bits per heavy atom. The fraction of sp³-hybridized carbons (Fsp3) is 0.889. The largest absolute Gasteiger partial charge is 0.748 e. The van der Waals surface area contributed by atoms with Crippen molar-refractivity contribution in [1.29, 1.82) is 0 Å². The van der Waals surface area contributed by atoms with Crippen molar-refractivity contribution in [2.24, 2.45) is 5.92 Å². The lowest BCUT2D eigenvalue weighted by Crippen LogP contribution is -2.44. The first kappa shape index (κ1) is 22.6. The van der Waals surface area contributed by atoms with Gasteiger partial charge in [0.05, 0.1) is 37.3 Å². The van der Waals surface area contributed by atoms with Gasteiger partial charge in [-0.2, -0.15) is 0 Å². The van der Waals surface area contributed by atoms with Crippen molar-refractivity contribution in [3.63, 3.8) is 0 Å². The topological polar surface area (TPSA) is 57.2 Å². The maximum absolute atomic E-state index is 10.8. The second-order valence-corrected chi connectivity index (χ2v) is 8.91. The fourth-order valence-electron chi connectivity index (χ4n) is 3.13. The zero-order valence-electron chi connectivity index (χ0n) is 15.6. The molecule has 4 nitrogen and oxygen atoms in total. The molecule has 0 radical (unpaired) electrons. The molecule has 0 aliphatic carbocycles. The Morgan fingerprint density at radius 1 is 1.00 bits per heavy atom. The van der Waals surface area contributed by atoms with Crippen molar-refractivity contribution in [2.45, 2.75) is 65.2 Å². The third-order valence-electron chi connectivity index (χ3n) is 4.08. The third kappa shape index (κ3) is 16.3. The number of unbranched alkanes of at least 4 members (excludes halogenated alkanes) is 6. The molecule has 0 saturated heterocycles. The van der Waals surface area contributed by atoms with Gasteiger partial charge in [-0.1, -0.05) is 45.3 Å². The van der Waals surface area contributed by atoms with E-state index in [1.807, 2.05) is 6.92 Å². The van der Waals surface area contributed by atoms with Gasteiger partial charge in [-0.25, -0.2) is 8.42 Å². The van der Waals surface area contributed by atoms with Gasteiger partial charge in [-0.05, 0) is 32.1 Å². The molecule has 0 bridgehead atoms. The summed E-state index contributed by atoms with van der Waals surface area (Å²) in [5.74, 6) is -0.329. The smallest absolute Gasteiger partial charge is 0.0950 e. The van der Waals surface area contributed by atoms with E-state index in [1.54, 1.807) is 0 Å². The van der Waals surface area contributed by atoms with Crippen LogP contribution in [0.25, 0.3) is 0 Å². The molecule has 0 saturated carbocycles. The molecule has 0 heterocycles. The quantitative estimate of drug-likeness (QED) is 0.207. The van der Waals surface area contributed by atoms with E-state index in [-0.39, 0.29) is 11.7 Å². The Morgan fingerprint density at radius 2 is 1.57 bits per heavy atom. The van der Waals surface area contributed by atoms with E-state index in [0.717, 1.165) is 24.0 Å². The summed E-state index contributed by atoms with van der Waals surface area (Å²) < 4.78 is 33.2. The van der Waals surface area contributed by atoms with Crippen LogP contribution < -0.4 is 0 Å². The van der Waals surface area contributed by atoms with Gasteiger partial charge in [-0.3, -0.25) is 0 Å². The molecule has 23 heavy (non-hydrogen) atoms. The number of allylic oxidation sites excluding steroid dienone is 2. The highest BCUT2D eigenvalue weighted by atomic mass is 32.2. The Bertz CT molecular complexity index is 416. The molecule has 0 N–H and O–H groups in total. The summed E-state index contributed by atoms with van der Waals surface area (Å²) in [5.41, 5.74) is 0. The maximum Gasteiger partial charge on any atom is 0.0950 e. The van der Waals surface area contributed by atoms with Crippen LogP contribution in [-0.4, -0.2) is 50.4 Å². The molecule has 1 unspecified atom stereocenters. The maximum atomic E-state index is 10.8. The molecular weight excluding hydrogens is 310 g/mol. The van der Waals surface area contributed by atoms with Crippen LogP contribution >= 0.6 is 0 Å². The van der Waals surface area contributed by atoms with Crippen molar-refractivity contribution < 1.29 is 17.5 Å². The predicted molar refractivity (Wildman–Crippen MR) is 97.3 cm³/mol. The molecule has 0 aromatic rings. The van der Waals surface area contributed by atoms with E-state index in [9.17, 15) is 13.0 Å². The minimum absolute atomic E-state index is 0.0799. The van der Waals surface area contributed by atoms with E-state index >= 15 is 0 Å². The molecule has 0 aromatic heterocycles. The van der Waals surface area contributed by atoms with Crippen LogP contribution in [0.2, 0.25) is 0 Å². The zero-order valence-corrected chi connectivity index (χ0v) is 16.4. The highest BCUT2D eigenvalue weighted by molar-refractivity contribution is 7.85. The van der Waals surface area contributed by atoms with Gasteiger partial charge in [-0.15, -0.1) is 0 Å². The van der Waals surface area contributed by atoms with Crippen molar-refractivity contribution in [2.75, 3.05) is 32.9 Å². The van der Waals surface area contributed by atoms with Gasteiger partial charge in [0.25, 0.3) is 0 Å². The van der Waals surface area contributed by atoms with Gasteiger partial charge in [0.2, 0.25) is 0 Å². The molecule has 0 fully saturated rings. The third-order valence-corrected chi connectivity index (χ3v) is 5.06. The molecule has 5 heteroatoms. The average molecular weight is 348 g/mol. The van der Waals surface area contributed by atoms with E-state index < -0.39 is 10.1 Å². The monoisotopic (exact) mass is 347 g/mol. The number of nitrogens with zero attached hydrogens (tertiary/aromatic N) is 1. The lowest BCUT2D eigenvalue weighted by atomic mass is 10.1. The minimum Gasteiger partial charge on any atom is -0.748 e. The lowest BCUT2D eigenvalue weighted by molar-refractivity contribution is -0.893. The first-order valence-electron chi connectivity index (χ1n) is 9.07. The van der Waals surface area contributed by atoms with Crippen LogP contribution in [0, 0.1) is 5.92 Å². The zero-order chi connectivity index (χ0) is 17.8. The van der Waals surface area contributed by atoms with Crippen LogP contribution in [0.5, 0.6) is 0 Å². The van der Waals surface area contributed by atoms with Gasteiger partial charge < -0.3 is 9.04 Å². The fourth-order valence-corrected chi connectivity index (χ4v) is 3.93. The Hall–Kier alpha value is -0.390. The van der Waals surface area contributed by atoms with Crippen LogP contribution in [0.4, 0.5) is 0 Å².